The molecule has 1 fully saturated rings. The van der Waals surface area contributed by atoms with Crippen LogP contribution in [0, 0.1) is 0 Å². The van der Waals surface area contributed by atoms with Crippen LogP contribution in [0.4, 0.5) is 13.2 Å². The van der Waals surface area contributed by atoms with E-state index >= 15 is 0 Å². The molecule has 1 N–H and O–H groups in total. The van der Waals surface area contributed by atoms with Crippen LogP contribution in [0.2, 0.25) is 0 Å². The third kappa shape index (κ3) is 3.54. The number of hydrogen-bond donors (Lipinski definition) is 1. The molecule has 1 aliphatic heterocycles. The number of alkyl halides is 3. The molecule has 1 saturated heterocycles. The topological polar surface area (TPSA) is 56.3 Å². The first kappa shape index (κ1) is 15.2. The molecule has 9 heteroatoms. The average Bonchev–Trinajstić information content (AvgIpc) is 2.97. The van der Waals surface area contributed by atoms with Gasteiger partial charge in [-0.1, -0.05) is 28.6 Å². The summed E-state index contributed by atoms with van der Waals surface area (Å²) < 4.78 is 48.4. The van der Waals surface area contributed by atoms with Gasteiger partial charge < -0.3 is 14.8 Å². The molecule has 2 heterocycles. The van der Waals surface area contributed by atoms with Crippen molar-refractivity contribution in [2.75, 3.05) is 19.7 Å². The van der Waals surface area contributed by atoms with E-state index in [2.05, 4.69) is 15.5 Å². The Balaban J connectivity index is 1.74. The van der Waals surface area contributed by atoms with Gasteiger partial charge in [-0.05, 0) is 17.7 Å². The molecule has 1 aliphatic rings. The molecule has 0 saturated carbocycles. The number of hydrogen-bond acceptors (Lipinski definition) is 6. The number of benzene rings is 1. The smallest absolute Gasteiger partial charge is 0.430 e. The second-order valence-corrected chi connectivity index (χ2v) is 5.55. The minimum Gasteiger partial charge on any atom is -0.430 e. The third-order valence-corrected chi connectivity index (χ3v) is 3.86. The predicted octanol–water partition coefficient (Wildman–Crippen LogP) is 3.01. The summed E-state index contributed by atoms with van der Waals surface area (Å²) in [5.41, 5.74) is 0.894. The number of nitrogens with one attached hydrogen (secondary N) is 1. The molecule has 0 aliphatic carbocycles. The second-order valence-electron chi connectivity index (χ2n) is 4.61. The van der Waals surface area contributed by atoms with Gasteiger partial charge in [-0.15, -0.1) is 5.10 Å². The lowest BCUT2D eigenvalue weighted by molar-refractivity contribution is -0.138. The molecule has 1 atom stereocenters. The van der Waals surface area contributed by atoms with Crippen LogP contribution in [0.1, 0.15) is 16.7 Å². The van der Waals surface area contributed by atoms with E-state index in [1.165, 1.54) is 0 Å². The van der Waals surface area contributed by atoms with Gasteiger partial charge in [0.1, 0.15) is 5.75 Å². The Labute approximate surface area is 128 Å². The number of aromatic nitrogens is 2. The monoisotopic (exact) mass is 331 g/mol. The molecule has 0 bridgehead atoms. The average molecular weight is 331 g/mol. The van der Waals surface area contributed by atoms with Gasteiger partial charge in [-0.3, -0.25) is 0 Å². The largest absolute Gasteiger partial charge is 0.445 e. The van der Waals surface area contributed by atoms with Crippen LogP contribution < -0.4 is 10.1 Å². The molecule has 3 rings (SSSR count). The fourth-order valence-corrected chi connectivity index (χ4v) is 2.61. The first-order valence-corrected chi connectivity index (χ1v) is 7.35. The highest BCUT2D eigenvalue weighted by molar-refractivity contribution is 7.13. The Kier molecular flexibility index (Phi) is 4.27. The maximum Gasteiger partial charge on any atom is 0.445 e. The summed E-state index contributed by atoms with van der Waals surface area (Å²) in [6, 6.07) is 7.01. The van der Waals surface area contributed by atoms with Gasteiger partial charge in [0.2, 0.25) is 5.01 Å². The fraction of sp³-hybridized carbons (Fsp3) is 0.385. The van der Waals surface area contributed by atoms with E-state index in [-0.39, 0.29) is 11.3 Å². The third-order valence-electron chi connectivity index (χ3n) is 3.01. The Morgan fingerprint density at radius 3 is 2.86 bits per heavy atom. The van der Waals surface area contributed by atoms with Crippen LogP contribution >= 0.6 is 11.3 Å². The molecule has 0 spiro atoms. The molecule has 1 aromatic carbocycles. The lowest BCUT2D eigenvalue weighted by Gasteiger charge is -2.24. The summed E-state index contributed by atoms with van der Waals surface area (Å²) >= 11 is 0.363. The summed E-state index contributed by atoms with van der Waals surface area (Å²) in [4.78, 5) is 0. The number of ether oxygens (including phenoxy) is 2. The zero-order valence-corrected chi connectivity index (χ0v) is 12.1. The van der Waals surface area contributed by atoms with E-state index in [1.54, 1.807) is 18.2 Å². The Morgan fingerprint density at radius 2 is 2.18 bits per heavy atom. The summed E-state index contributed by atoms with van der Waals surface area (Å²) in [5.74, 6) is 0.400. The quantitative estimate of drug-likeness (QED) is 0.937. The molecule has 0 radical (unpaired) electrons. The number of nitrogens with zero attached hydrogens (tertiary/aromatic N) is 2. The van der Waals surface area contributed by atoms with Crippen molar-refractivity contribution in [3.05, 3.63) is 34.8 Å². The lowest BCUT2D eigenvalue weighted by atomic mass is 10.1. The van der Waals surface area contributed by atoms with E-state index in [4.69, 9.17) is 9.47 Å². The van der Waals surface area contributed by atoms with Crippen molar-refractivity contribution < 1.29 is 22.6 Å². The normalized spacial score (nSPS) is 19.1. The maximum absolute atomic E-state index is 12.5. The van der Waals surface area contributed by atoms with E-state index in [9.17, 15) is 13.2 Å². The van der Waals surface area contributed by atoms with Gasteiger partial charge in [0.05, 0.1) is 12.7 Å². The van der Waals surface area contributed by atoms with Crippen LogP contribution in [0.5, 0.6) is 10.9 Å². The summed E-state index contributed by atoms with van der Waals surface area (Å²) in [7, 11) is 0. The molecule has 0 amide bonds. The Morgan fingerprint density at radius 1 is 1.32 bits per heavy atom. The Hall–Kier alpha value is -1.71. The highest BCUT2D eigenvalue weighted by Crippen LogP contribution is 2.35. The number of rotatable bonds is 3. The van der Waals surface area contributed by atoms with Crippen molar-refractivity contribution in [3.8, 4) is 10.9 Å². The van der Waals surface area contributed by atoms with E-state index in [0.29, 0.717) is 30.2 Å². The van der Waals surface area contributed by atoms with E-state index < -0.39 is 11.2 Å². The minimum absolute atomic E-state index is 0.0996. The van der Waals surface area contributed by atoms with Crippen molar-refractivity contribution in [2.45, 2.75) is 12.3 Å². The highest BCUT2D eigenvalue weighted by Gasteiger charge is 2.36. The number of halogens is 3. The van der Waals surface area contributed by atoms with Gasteiger partial charge in [0, 0.05) is 13.1 Å². The standard InChI is InChI=1S/C13H12F3N3O2S/c14-13(15,16)11-18-19-12(22-11)21-9-3-1-2-8(6-9)10-7-17-4-5-20-10/h1-3,6,10,17H,4-5,7H2/t10-/m0/s1. The molecule has 22 heavy (non-hydrogen) atoms. The van der Waals surface area contributed by atoms with Crippen molar-refractivity contribution >= 4 is 11.3 Å². The highest BCUT2D eigenvalue weighted by atomic mass is 32.1. The lowest BCUT2D eigenvalue weighted by Crippen LogP contribution is -2.33. The van der Waals surface area contributed by atoms with E-state index in [0.717, 1.165) is 12.1 Å². The van der Waals surface area contributed by atoms with Crippen molar-refractivity contribution in [3.63, 3.8) is 0 Å². The van der Waals surface area contributed by atoms with Crippen molar-refractivity contribution in [1.82, 2.24) is 15.5 Å². The molecule has 2 aromatic rings. The summed E-state index contributed by atoms with van der Waals surface area (Å²) in [6.45, 7) is 2.10. The van der Waals surface area contributed by atoms with Gasteiger partial charge in [0.25, 0.3) is 5.19 Å². The van der Waals surface area contributed by atoms with Crippen LogP contribution in [-0.4, -0.2) is 29.9 Å². The molecule has 118 valence electrons. The zero-order chi connectivity index (χ0) is 15.6. The van der Waals surface area contributed by atoms with Crippen LogP contribution in [0.3, 0.4) is 0 Å². The summed E-state index contributed by atoms with van der Waals surface area (Å²) in [6.07, 6.45) is -4.61. The molecule has 0 unspecified atom stereocenters. The van der Waals surface area contributed by atoms with Gasteiger partial charge in [0.15, 0.2) is 0 Å². The van der Waals surface area contributed by atoms with Crippen molar-refractivity contribution in [2.24, 2.45) is 0 Å². The zero-order valence-electron chi connectivity index (χ0n) is 11.3. The minimum atomic E-state index is -4.51. The first-order valence-electron chi connectivity index (χ1n) is 6.53. The van der Waals surface area contributed by atoms with Gasteiger partial charge >= 0.3 is 6.18 Å². The molecule has 5 nitrogen and oxygen atoms in total. The van der Waals surface area contributed by atoms with Gasteiger partial charge in [-0.2, -0.15) is 13.2 Å². The van der Waals surface area contributed by atoms with Crippen LogP contribution in [0.15, 0.2) is 24.3 Å². The molecular formula is C13H12F3N3O2S. The summed E-state index contributed by atoms with van der Waals surface area (Å²) in [5, 5.41) is 8.52. The molecular weight excluding hydrogens is 319 g/mol. The fourth-order valence-electron chi connectivity index (χ4n) is 2.02. The van der Waals surface area contributed by atoms with Crippen LogP contribution in [-0.2, 0) is 10.9 Å². The van der Waals surface area contributed by atoms with Crippen molar-refractivity contribution in [1.29, 1.82) is 0 Å². The second kappa shape index (κ2) is 6.19. The molecule has 1 aromatic heterocycles. The predicted molar refractivity (Wildman–Crippen MR) is 73.0 cm³/mol. The van der Waals surface area contributed by atoms with Gasteiger partial charge in [-0.25, -0.2) is 0 Å². The van der Waals surface area contributed by atoms with Crippen LogP contribution in [0.25, 0.3) is 0 Å². The Bertz CT molecular complexity index is 641. The number of morpholine rings is 1. The first-order chi connectivity index (χ1) is 10.5. The SMILES string of the molecule is FC(F)(F)c1nnc(Oc2cccc([C@@H]3CNCCO3)c2)s1. The van der Waals surface area contributed by atoms with E-state index in [1.807, 2.05) is 6.07 Å². The maximum atomic E-state index is 12.5.